The third-order valence-corrected chi connectivity index (χ3v) is 4.36. The second-order valence-corrected chi connectivity index (χ2v) is 5.80. The van der Waals surface area contributed by atoms with Crippen LogP contribution in [0.3, 0.4) is 0 Å². The quantitative estimate of drug-likeness (QED) is 0.857. The highest BCUT2D eigenvalue weighted by Crippen LogP contribution is 2.20. The number of nitrogens with zero attached hydrogens (tertiary/aromatic N) is 1. The van der Waals surface area contributed by atoms with Crippen molar-refractivity contribution < 1.29 is 4.79 Å². The van der Waals surface area contributed by atoms with Gasteiger partial charge >= 0.3 is 0 Å². The summed E-state index contributed by atoms with van der Waals surface area (Å²) in [6.07, 6.45) is 6.78. The molecule has 18 heavy (non-hydrogen) atoms. The lowest BCUT2D eigenvalue weighted by atomic mass is 9.92. The zero-order chi connectivity index (χ0) is 12.1. The molecule has 2 saturated heterocycles. The summed E-state index contributed by atoms with van der Waals surface area (Å²) in [5.74, 6) is 1.99. The molecular weight excluding hydrogens is 248 g/mol. The van der Waals surface area contributed by atoms with Crippen LogP contribution in [-0.4, -0.2) is 37.0 Å². The van der Waals surface area contributed by atoms with E-state index < -0.39 is 0 Å². The number of halogens is 1. The summed E-state index contributed by atoms with van der Waals surface area (Å²) in [6.45, 7) is 6.55. The molecule has 1 amide bonds. The van der Waals surface area contributed by atoms with Crippen molar-refractivity contribution in [2.45, 2.75) is 45.4 Å². The second-order valence-electron chi connectivity index (χ2n) is 5.80. The first kappa shape index (κ1) is 15.8. The lowest BCUT2D eigenvalue weighted by Crippen LogP contribution is -2.38. The Morgan fingerprint density at radius 3 is 2.39 bits per heavy atom. The first-order chi connectivity index (χ1) is 8.25. The minimum absolute atomic E-state index is 0. The van der Waals surface area contributed by atoms with E-state index in [4.69, 9.17) is 0 Å². The molecule has 3 nitrogen and oxygen atoms in total. The van der Waals surface area contributed by atoms with Crippen molar-refractivity contribution in [3.8, 4) is 0 Å². The maximum Gasteiger partial charge on any atom is 0.222 e. The van der Waals surface area contributed by atoms with Crippen molar-refractivity contribution in [3.63, 3.8) is 0 Å². The van der Waals surface area contributed by atoms with Gasteiger partial charge in [0, 0.05) is 19.5 Å². The van der Waals surface area contributed by atoms with Gasteiger partial charge in [-0.2, -0.15) is 0 Å². The van der Waals surface area contributed by atoms with Crippen molar-refractivity contribution in [3.05, 3.63) is 0 Å². The number of piperidine rings is 2. The summed E-state index contributed by atoms with van der Waals surface area (Å²) >= 11 is 0. The average Bonchev–Trinajstić information content (AvgIpc) is 2.38. The van der Waals surface area contributed by atoms with Gasteiger partial charge in [-0.3, -0.25) is 4.79 Å². The van der Waals surface area contributed by atoms with Gasteiger partial charge in [0.25, 0.3) is 0 Å². The average molecular weight is 275 g/mol. The third-order valence-electron chi connectivity index (χ3n) is 4.36. The Morgan fingerprint density at radius 2 is 1.78 bits per heavy atom. The number of likely N-dealkylation sites (tertiary alicyclic amines) is 1. The van der Waals surface area contributed by atoms with Crippen LogP contribution < -0.4 is 5.32 Å². The molecule has 4 heteroatoms. The zero-order valence-corrected chi connectivity index (χ0v) is 12.3. The van der Waals surface area contributed by atoms with Crippen LogP contribution in [0.15, 0.2) is 0 Å². The van der Waals surface area contributed by atoms with Gasteiger partial charge in [-0.15, -0.1) is 12.4 Å². The van der Waals surface area contributed by atoms with Gasteiger partial charge < -0.3 is 10.2 Å². The van der Waals surface area contributed by atoms with Gasteiger partial charge in [-0.05, 0) is 57.0 Å². The Labute approximate surface area is 117 Å². The molecule has 0 radical (unpaired) electrons. The Kier molecular flexibility index (Phi) is 7.02. The molecule has 0 bridgehead atoms. The summed E-state index contributed by atoms with van der Waals surface area (Å²) in [4.78, 5) is 14.1. The number of nitrogens with one attached hydrogen (secondary N) is 1. The molecule has 2 aliphatic rings. The summed E-state index contributed by atoms with van der Waals surface area (Å²) in [7, 11) is 0. The highest BCUT2D eigenvalue weighted by atomic mass is 35.5. The molecule has 2 fully saturated rings. The van der Waals surface area contributed by atoms with Crippen molar-refractivity contribution >= 4 is 18.3 Å². The molecule has 106 valence electrons. The predicted molar refractivity (Wildman–Crippen MR) is 77.1 cm³/mol. The molecule has 2 heterocycles. The Bertz CT molecular complexity index is 246. The van der Waals surface area contributed by atoms with Crippen LogP contribution in [0, 0.1) is 11.8 Å². The Morgan fingerprint density at radius 1 is 1.17 bits per heavy atom. The molecule has 2 aliphatic heterocycles. The number of rotatable bonds is 3. The summed E-state index contributed by atoms with van der Waals surface area (Å²) in [5.41, 5.74) is 0. The van der Waals surface area contributed by atoms with Crippen molar-refractivity contribution in [1.29, 1.82) is 0 Å². The maximum atomic E-state index is 12.1. The molecule has 0 spiro atoms. The molecule has 0 unspecified atom stereocenters. The highest BCUT2D eigenvalue weighted by Gasteiger charge is 2.21. The van der Waals surface area contributed by atoms with Gasteiger partial charge in [0.1, 0.15) is 0 Å². The first-order valence-electron chi connectivity index (χ1n) is 7.24. The van der Waals surface area contributed by atoms with Crippen molar-refractivity contribution in [1.82, 2.24) is 10.2 Å². The van der Waals surface area contributed by atoms with Crippen LogP contribution in [0.2, 0.25) is 0 Å². The van der Waals surface area contributed by atoms with Crippen LogP contribution in [0.25, 0.3) is 0 Å². The molecule has 2 rings (SSSR count). The third kappa shape index (κ3) is 4.77. The van der Waals surface area contributed by atoms with Crippen LogP contribution in [-0.2, 0) is 4.79 Å². The van der Waals surface area contributed by atoms with E-state index in [1.165, 1.54) is 25.7 Å². The Balaban J connectivity index is 0.00000162. The number of carbonyl (C=O) groups excluding carboxylic acids is 1. The lowest BCUT2D eigenvalue weighted by molar-refractivity contribution is -0.132. The Hall–Kier alpha value is -0.280. The normalized spacial score (nSPS) is 22.6. The standard InChI is InChI=1S/C14H26N2O.ClH/c1-12-6-10-16(11-7-12)14(17)3-2-13-4-8-15-9-5-13;/h12-13,15H,2-11H2,1H3;1H. The number of amides is 1. The second kappa shape index (κ2) is 8.00. The smallest absolute Gasteiger partial charge is 0.222 e. The molecular formula is C14H27ClN2O. The highest BCUT2D eigenvalue weighted by molar-refractivity contribution is 5.85. The fraction of sp³-hybridized carbons (Fsp3) is 0.929. The number of hydrogen-bond acceptors (Lipinski definition) is 2. The van der Waals surface area contributed by atoms with Gasteiger partial charge in [-0.25, -0.2) is 0 Å². The predicted octanol–water partition coefficient (Wildman–Crippen LogP) is 2.45. The SMILES string of the molecule is CC1CCN(C(=O)CCC2CCNCC2)CC1.Cl. The van der Waals surface area contributed by atoms with Crippen LogP contribution >= 0.6 is 12.4 Å². The topological polar surface area (TPSA) is 32.3 Å². The van der Waals surface area contributed by atoms with E-state index in [1.54, 1.807) is 0 Å². The number of hydrogen-bond donors (Lipinski definition) is 1. The molecule has 0 aliphatic carbocycles. The summed E-state index contributed by atoms with van der Waals surface area (Å²) in [5, 5.41) is 3.38. The van der Waals surface area contributed by atoms with Crippen LogP contribution in [0.4, 0.5) is 0 Å². The van der Waals surface area contributed by atoms with Gasteiger partial charge in [0.2, 0.25) is 5.91 Å². The van der Waals surface area contributed by atoms with E-state index in [0.717, 1.165) is 50.9 Å². The fourth-order valence-electron chi connectivity index (χ4n) is 2.91. The largest absolute Gasteiger partial charge is 0.343 e. The van der Waals surface area contributed by atoms with Crippen LogP contribution in [0.5, 0.6) is 0 Å². The maximum absolute atomic E-state index is 12.1. The molecule has 0 aromatic rings. The monoisotopic (exact) mass is 274 g/mol. The van der Waals surface area contributed by atoms with Crippen molar-refractivity contribution in [2.24, 2.45) is 11.8 Å². The lowest BCUT2D eigenvalue weighted by Gasteiger charge is -2.31. The van der Waals surface area contributed by atoms with E-state index in [-0.39, 0.29) is 12.4 Å². The number of carbonyl (C=O) groups is 1. The molecule has 0 aromatic heterocycles. The van der Waals surface area contributed by atoms with Gasteiger partial charge in [-0.1, -0.05) is 6.92 Å². The first-order valence-corrected chi connectivity index (χ1v) is 7.24. The van der Waals surface area contributed by atoms with E-state index in [0.29, 0.717) is 5.91 Å². The van der Waals surface area contributed by atoms with E-state index in [9.17, 15) is 4.79 Å². The fourth-order valence-corrected chi connectivity index (χ4v) is 2.91. The van der Waals surface area contributed by atoms with Crippen LogP contribution in [0.1, 0.15) is 45.4 Å². The zero-order valence-electron chi connectivity index (χ0n) is 11.5. The van der Waals surface area contributed by atoms with Crippen molar-refractivity contribution in [2.75, 3.05) is 26.2 Å². The van der Waals surface area contributed by atoms with E-state index in [2.05, 4.69) is 17.1 Å². The summed E-state index contributed by atoms with van der Waals surface area (Å²) < 4.78 is 0. The van der Waals surface area contributed by atoms with Gasteiger partial charge in [0.15, 0.2) is 0 Å². The van der Waals surface area contributed by atoms with E-state index in [1.807, 2.05) is 0 Å². The molecule has 0 aromatic carbocycles. The molecule has 0 saturated carbocycles. The van der Waals surface area contributed by atoms with E-state index >= 15 is 0 Å². The summed E-state index contributed by atoms with van der Waals surface area (Å²) in [6, 6.07) is 0. The minimum Gasteiger partial charge on any atom is -0.343 e. The molecule has 0 atom stereocenters. The molecule has 1 N–H and O–H groups in total. The van der Waals surface area contributed by atoms with Gasteiger partial charge in [0.05, 0.1) is 0 Å². The minimum atomic E-state index is 0.